The van der Waals surface area contributed by atoms with Gasteiger partial charge in [-0.25, -0.2) is 13.2 Å². The highest BCUT2D eigenvalue weighted by Gasteiger charge is 2.39. The smallest absolute Gasteiger partial charge is 0.331 e. The minimum absolute atomic E-state index is 0.0380. The molecule has 1 heterocycles. The molecule has 1 amide bonds. The monoisotopic (exact) mass is 397 g/mol. The Morgan fingerprint density at radius 2 is 1.81 bits per heavy atom. The number of rotatable bonds is 7. The van der Waals surface area contributed by atoms with Crippen molar-refractivity contribution < 1.29 is 32.2 Å². The van der Waals surface area contributed by atoms with E-state index in [1.807, 2.05) is 0 Å². The molecule has 1 aromatic carbocycles. The Bertz CT molecular complexity index is 825. The van der Waals surface area contributed by atoms with Crippen molar-refractivity contribution in [3.05, 3.63) is 29.8 Å². The summed E-state index contributed by atoms with van der Waals surface area (Å²) in [5.74, 6) is -0.174. The van der Waals surface area contributed by atoms with E-state index in [1.54, 1.807) is 25.1 Å². The number of benzene rings is 1. The average molecular weight is 397 g/mol. The van der Waals surface area contributed by atoms with Crippen LogP contribution in [0.2, 0.25) is 0 Å². The number of ether oxygens (including phenoxy) is 3. The molecular formula is C18H23NO7S. The maximum atomic E-state index is 11.9. The zero-order valence-corrected chi connectivity index (χ0v) is 16.3. The van der Waals surface area contributed by atoms with E-state index in [0.717, 1.165) is 0 Å². The lowest BCUT2D eigenvalue weighted by Gasteiger charge is -2.23. The lowest BCUT2D eigenvalue weighted by molar-refractivity contribution is -0.144. The summed E-state index contributed by atoms with van der Waals surface area (Å²) in [5, 5.41) is 2.62. The third-order valence-electron chi connectivity index (χ3n) is 4.08. The molecule has 0 spiro atoms. The van der Waals surface area contributed by atoms with Crippen molar-refractivity contribution >= 4 is 27.8 Å². The van der Waals surface area contributed by atoms with Gasteiger partial charge >= 0.3 is 5.97 Å². The summed E-state index contributed by atoms with van der Waals surface area (Å²) in [6.07, 6.45) is 3.03. The molecule has 0 aliphatic carbocycles. The van der Waals surface area contributed by atoms with Crippen LogP contribution in [0.5, 0.6) is 11.5 Å². The first-order valence-electron chi connectivity index (χ1n) is 8.24. The lowest BCUT2D eigenvalue weighted by atomic mass is 10.0. The predicted molar refractivity (Wildman–Crippen MR) is 99.4 cm³/mol. The molecule has 2 rings (SSSR count). The Balaban J connectivity index is 1.87. The van der Waals surface area contributed by atoms with Crippen LogP contribution in [0.25, 0.3) is 6.08 Å². The second-order valence-electron chi connectivity index (χ2n) is 6.54. The van der Waals surface area contributed by atoms with E-state index >= 15 is 0 Å². The zero-order valence-electron chi connectivity index (χ0n) is 15.5. The van der Waals surface area contributed by atoms with Crippen molar-refractivity contribution in [2.24, 2.45) is 0 Å². The van der Waals surface area contributed by atoms with Gasteiger partial charge in [0.15, 0.2) is 16.4 Å². The van der Waals surface area contributed by atoms with Crippen molar-refractivity contribution in [1.82, 2.24) is 5.32 Å². The first kappa shape index (κ1) is 20.8. The van der Waals surface area contributed by atoms with Gasteiger partial charge in [0.2, 0.25) is 0 Å². The van der Waals surface area contributed by atoms with Gasteiger partial charge in [0.25, 0.3) is 5.91 Å². The number of esters is 1. The van der Waals surface area contributed by atoms with Gasteiger partial charge < -0.3 is 19.5 Å². The number of carbonyl (C=O) groups excluding carboxylic acids is 2. The van der Waals surface area contributed by atoms with Crippen LogP contribution in [0.15, 0.2) is 24.3 Å². The summed E-state index contributed by atoms with van der Waals surface area (Å²) in [7, 11) is -0.0976. The summed E-state index contributed by atoms with van der Waals surface area (Å²) in [6.45, 7) is 1.17. The standard InChI is InChI=1S/C18H23NO7S/c1-18(6-7-27(22,23)12-18)19-16(20)11-26-17(21)5-4-13-8-14(24-2)10-15(9-13)25-3/h4-5,8-10H,6-7,11-12H2,1-3H3,(H,19,20)/b5-4+/t18-/m1/s1. The highest BCUT2D eigenvalue weighted by atomic mass is 32.2. The van der Waals surface area contributed by atoms with Gasteiger partial charge in [-0.05, 0) is 37.1 Å². The average Bonchev–Trinajstić information content (AvgIpc) is 2.90. The summed E-state index contributed by atoms with van der Waals surface area (Å²) in [6, 6.07) is 5.12. The molecule has 1 fully saturated rings. The highest BCUT2D eigenvalue weighted by Crippen LogP contribution is 2.24. The number of methoxy groups -OCH3 is 2. The lowest BCUT2D eigenvalue weighted by Crippen LogP contribution is -2.48. The number of nitrogens with one attached hydrogen (secondary N) is 1. The second kappa shape index (κ2) is 8.43. The van der Waals surface area contributed by atoms with Crippen LogP contribution < -0.4 is 14.8 Å². The van der Waals surface area contributed by atoms with Gasteiger partial charge in [0.1, 0.15) is 11.5 Å². The molecule has 9 heteroatoms. The van der Waals surface area contributed by atoms with Crippen LogP contribution in [0.3, 0.4) is 0 Å². The number of sulfone groups is 1. The van der Waals surface area contributed by atoms with Crippen LogP contribution in [-0.2, 0) is 24.2 Å². The minimum Gasteiger partial charge on any atom is -0.497 e. The van der Waals surface area contributed by atoms with E-state index in [-0.39, 0.29) is 11.5 Å². The molecule has 0 radical (unpaired) electrons. The Labute approximate surface area is 158 Å². The topological polar surface area (TPSA) is 108 Å². The normalized spacial score (nSPS) is 21.0. The molecule has 1 N–H and O–H groups in total. The minimum atomic E-state index is -3.14. The maximum absolute atomic E-state index is 11.9. The molecule has 27 heavy (non-hydrogen) atoms. The maximum Gasteiger partial charge on any atom is 0.331 e. The van der Waals surface area contributed by atoms with E-state index in [2.05, 4.69) is 5.32 Å². The Morgan fingerprint density at radius 1 is 1.19 bits per heavy atom. The molecule has 1 atom stereocenters. The molecule has 0 unspecified atom stereocenters. The third kappa shape index (κ3) is 6.28. The van der Waals surface area contributed by atoms with Gasteiger partial charge in [-0.2, -0.15) is 0 Å². The van der Waals surface area contributed by atoms with E-state index in [0.29, 0.717) is 23.5 Å². The van der Waals surface area contributed by atoms with Crippen LogP contribution in [0, 0.1) is 0 Å². The molecule has 0 aromatic heterocycles. The van der Waals surface area contributed by atoms with Crippen molar-refractivity contribution in [3.63, 3.8) is 0 Å². The number of carbonyl (C=O) groups is 2. The van der Waals surface area contributed by atoms with Crippen LogP contribution in [0.4, 0.5) is 0 Å². The number of hydrogen-bond acceptors (Lipinski definition) is 7. The van der Waals surface area contributed by atoms with Crippen molar-refractivity contribution in [2.45, 2.75) is 18.9 Å². The molecule has 0 saturated carbocycles. The van der Waals surface area contributed by atoms with Crippen LogP contribution in [-0.4, -0.2) is 58.2 Å². The van der Waals surface area contributed by atoms with Crippen LogP contribution >= 0.6 is 0 Å². The predicted octanol–water partition coefficient (Wildman–Crippen LogP) is 0.954. The Morgan fingerprint density at radius 3 is 2.33 bits per heavy atom. The molecule has 148 valence electrons. The fourth-order valence-electron chi connectivity index (χ4n) is 2.76. The van der Waals surface area contributed by atoms with Crippen molar-refractivity contribution in [1.29, 1.82) is 0 Å². The summed E-state index contributed by atoms with van der Waals surface area (Å²) in [5.41, 5.74) is -0.161. The van der Waals surface area contributed by atoms with Gasteiger partial charge in [-0.1, -0.05) is 0 Å². The van der Waals surface area contributed by atoms with E-state index < -0.39 is 33.9 Å². The van der Waals surface area contributed by atoms with Gasteiger partial charge in [0.05, 0.1) is 31.3 Å². The fraction of sp³-hybridized carbons (Fsp3) is 0.444. The first-order chi connectivity index (χ1) is 12.6. The summed E-state index contributed by atoms with van der Waals surface area (Å²) in [4.78, 5) is 23.7. The first-order valence-corrected chi connectivity index (χ1v) is 10.1. The quantitative estimate of drug-likeness (QED) is 0.539. The van der Waals surface area contributed by atoms with Crippen molar-refractivity contribution in [2.75, 3.05) is 32.3 Å². The third-order valence-corrected chi connectivity index (χ3v) is 5.98. The summed E-state index contributed by atoms with van der Waals surface area (Å²) >= 11 is 0. The fourth-order valence-corrected chi connectivity index (χ4v) is 4.85. The van der Waals surface area contributed by atoms with E-state index in [4.69, 9.17) is 14.2 Å². The Kier molecular flexibility index (Phi) is 6.48. The van der Waals surface area contributed by atoms with Crippen molar-refractivity contribution in [3.8, 4) is 11.5 Å². The number of amides is 1. The molecule has 1 aromatic rings. The highest BCUT2D eigenvalue weighted by molar-refractivity contribution is 7.91. The van der Waals surface area contributed by atoms with Gasteiger partial charge in [-0.3, -0.25) is 4.79 Å². The van der Waals surface area contributed by atoms with Gasteiger partial charge in [0, 0.05) is 12.1 Å². The summed E-state index contributed by atoms with van der Waals surface area (Å²) < 4.78 is 38.3. The Hall–Kier alpha value is -2.55. The van der Waals surface area contributed by atoms with Gasteiger partial charge in [-0.15, -0.1) is 0 Å². The molecule has 8 nitrogen and oxygen atoms in total. The second-order valence-corrected chi connectivity index (χ2v) is 8.72. The molecule has 0 bridgehead atoms. The molecule has 1 aliphatic heterocycles. The molecule has 1 aliphatic rings. The molecule has 1 saturated heterocycles. The zero-order chi connectivity index (χ0) is 20.1. The van der Waals surface area contributed by atoms with Crippen LogP contribution in [0.1, 0.15) is 18.9 Å². The number of hydrogen-bond donors (Lipinski definition) is 1. The van der Waals surface area contributed by atoms with E-state index in [1.165, 1.54) is 26.4 Å². The molecular weight excluding hydrogens is 374 g/mol. The largest absolute Gasteiger partial charge is 0.497 e. The van der Waals surface area contributed by atoms with E-state index in [9.17, 15) is 18.0 Å². The SMILES string of the molecule is COc1cc(/C=C/C(=O)OCC(=O)N[C@]2(C)CCS(=O)(=O)C2)cc(OC)c1.